The first-order valence-corrected chi connectivity index (χ1v) is 10.1. The van der Waals surface area contributed by atoms with E-state index in [9.17, 15) is 9.59 Å². The van der Waals surface area contributed by atoms with Gasteiger partial charge in [-0.25, -0.2) is 5.43 Å². The van der Waals surface area contributed by atoms with Gasteiger partial charge in [-0.3, -0.25) is 9.59 Å². The van der Waals surface area contributed by atoms with E-state index in [4.69, 9.17) is 32.7 Å². The van der Waals surface area contributed by atoms with Gasteiger partial charge in [-0.1, -0.05) is 36.2 Å². The summed E-state index contributed by atoms with van der Waals surface area (Å²) in [5, 5.41) is 7.25. The molecular weight excluding hydrogens is 429 g/mol. The molecule has 2 N–H and O–H groups in total. The van der Waals surface area contributed by atoms with Crippen LogP contribution in [0.1, 0.15) is 35.7 Å². The third-order valence-electron chi connectivity index (χ3n) is 3.89. The van der Waals surface area contributed by atoms with Crippen LogP contribution in [0.4, 0.5) is 0 Å². The number of nitrogens with zero attached hydrogens (tertiary/aromatic N) is 1. The van der Waals surface area contributed by atoms with Crippen molar-refractivity contribution >= 4 is 41.2 Å². The minimum absolute atomic E-state index is 0.0572. The van der Waals surface area contributed by atoms with Crippen molar-refractivity contribution in [2.45, 2.75) is 19.8 Å². The van der Waals surface area contributed by atoms with Crippen LogP contribution in [0.3, 0.4) is 0 Å². The maximum Gasteiger partial charge on any atom is 0.251 e. The quantitative estimate of drug-likeness (QED) is 0.420. The van der Waals surface area contributed by atoms with Gasteiger partial charge in [0.25, 0.3) is 5.91 Å². The van der Waals surface area contributed by atoms with Crippen molar-refractivity contribution in [3.63, 3.8) is 0 Å². The summed E-state index contributed by atoms with van der Waals surface area (Å²) in [6.45, 7) is 2.68. The molecule has 0 aromatic heterocycles. The lowest BCUT2D eigenvalue weighted by Crippen LogP contribution is -2.29. The van der Waals surface area contributed by atoms with Crippen molar-refractivity contribution in [3.8, 4) is 11.5 Å². The van der Waals surface area contributed by atoms with Gasteiger partial charge in [-0.15, -0.1) is 0 Å². The molecule has 0 unspecified atom stereocenters. The number of rotatable bonds is 10. The normalized spacial score (nSPS) is 10.7. The van der Waals surface area contributed by atoms with Crippen LogP contribution < -0.4 is 20.2 Å². The highest BCUT2D eigenvalue weighted by atomic mass is 35.5. The molecule has 0 aliphatic rings. The summed E-state index contributed by atoms with van der Waals surface area (Å²) >= 11 is 11.7. The number of carbonyl (C=O) groups is 2. The summed E-state index contributed by atoms with van der Waals surface area (Å²) in [5.74, 6) is 0.455. The summed E-state index contributed by atoms with van der Waals surface area (Å²) in [6, 6.07) is 9.96. The summed E-state index contributed by atoms with van der Waals surface area (Å²) in [6.07, 6.45) is 2.39. The van der Waals surface area contributed by atoms with Gasteiger partial charge in [-0.05, 0) is 36.8 Å². The van der Waals surface area contributed by atoms with Gasteiger partial charge in [0.2, 0.25) is 5.91 Å². The molecule has 0 spiro atoms. The lowest BCUT2D eigenvalue weighted by molar-refractivity contribution is -0.120. The molecule has 0 radical (unpaired) electrons. The van der Waals surface area contributed by atoms with Crippen molar-refractivity contribution in [3.05, 3.63) is 57.6 Å². The van der Waals surface area contributed by atoms with E-state index in [0.29, 0.717) is 34.3 Å². The van der Waals surface area contributed by atoms with E-state index < -0.39 is 0 Å². The molecule has 0 saturated heterocycles. The molecule has 0 saturated carbocycles. The molecule has 0 atom stereocenters. The van der Waals surface area contributed by atoms with Crippen LogP contribution in [0.2, 0.25) is 10.0 Å². The van der Waals surface area contributed by atoms with Crippen LogP contribution >= 0.6 is 23.2 Å². The number of methoxy groups -OCH3 is 1. The molecule has 0 bridgehead atoms. The van der Waals surface area contributed by atoms with Gasteiger partial charge in [0.1, 0.15) is 0 Å². The van der Waals surface area contributed by atoms with E-state index in [2.05, 4.69) is 15.8 Å². The first kappa shape index (κ1) is 23.5. The molecule has 2 aromatic carbocycles. The number of hydrogen-bond acceptors (Lipinski definition) is 5. The van der Waals surface area contributed by atoms with Gasteiger partial charge in [-0.2, -0.15) is 5.10 Å². The molecule has 160 valence electrons. The average molecular weight is 452 g/mol. The topological polar surface area (TPSA) is 89.0 Å². The van der Waals surface area contributed by atoms with Crippen LogP contribution in [0.5, 0.6) is 11.5 Å². The number of ether oxygens (including phenoxy) is 2. The molecule has 0 aliphatic carbocycles. The van der Waals surface area contributed by atoms with Crippen molar-refractivity contribution in [1.82, 2.24) is 10.7 Å². The fourth-order valence-corrected chi connectivity index (χ4v) is 2.71. The summed E-state index contributed by atoms with van der Waals surface area (Å²) in [7, 11) is 1.56. The smallest absolute Gasteiger partial charge is 0.251 e. The Morgan fingerprint density at radius 2 is 1.97 bits per heavy atom. The maximum absolute atomic E-state index is 12.1. The van der Waals surface area contributed by atoms with E-state index in [-0.39, 0.29) is 29.8 Å². The van der Waals surface area contributed by atoms with Gasteiger partial charge in [0.15, 0.2) is 11.5 Å². The fourth-order valence-electron chi connectivity index (χ4n) is 2.41. The van der Waals surface area contributed by atoms with E-state index >= 15 is 0 Å². The first-order valence-electron chi connectivity index (χ1n) is 9.31. The summed E-state index contributed by atoms with van der Waals surface area (Å²) in [4.78, 5) is 24.0. The highest BCUT2D eigenvalue weighted by Gasteiger charge is 2.10. The van der Waals surface area contributed by atoms with Crippen LogP contribution in [0.25, 0.3) is 0 Å². The number of carbonyl (C=O) groups excluding carboxylic acids is 2. The second-order valence-corrected chi connectivity index (χ2v) is 6.97. The van der Waals surface area contributed by atoms with Gasteiger partial charge < -0.3 is 14.8 Å². The zero-order chi connectivity index (χ0) is 21.9. The Morgan fingerprint density at radius 1 is 1.17 bits per heavy atom. The zero-order valence-electron chi connectivity index (χ0n) is 16.7. The van der Waals surface area contributed by atoms with Gasteiger partial charge >= 0.3 is 0 Å². The predicted molar refractivity (Wildman–Crippen MR) is 118 cm³/mol. The average Bonchev–Trinajstić information content (AvgIpc) is 2.74. The zero-order valence-corrected chi connectivity index (χ0v) is 18.2. The third kappa shape index (κ3) is 6.93. The lowest BCUT2D eigenvalue weighted by Gasteiger charge is -2.12. The van der Waals surface area contributed by atoms with Crippen LogP contribution in [0, 0.1) is 0 Å². The standard InChI is InChI=1S/C21H23Cl2N3O4/c1-3-11-30-20-15(5-4-6-18(20)29-2)13-25-26-19(27)9-10-24-21(28)14-7-8-16(22)17(23)12-14/h4-8,12-13H,3,9-11H2,1-2H3,(H,24,28)(H,26,27). The van der Waals surface area contributed by atoms with Crippen molar-refractivity contribution in [2.24, 2.45) is 5.10 Å². The number of halogens is 2. The Balaban J connectivity index is 1.85. The number of amides is 2. The highest BCUT2D eigenvalue weighted by molar-refractivity contribution is 6.42. The highest BCUT2D eigenvalue weighted by Crippen LogP contribution is 2.30. The molecule has 2 rings (SSSR count). The molecule has 7 nitrogen and oxygen atoms in total. The van der Waals surface area contributed by atoms with Crippen LogP contribution in [-0.4, -0.2) is 38.3 Å². The number of hydrazone groups is 1. The second-order valence-electron chi connectivity index (χ2n) is 6.16. The van der Waals surface area contributed by atoms with Crippen LogP contribution in [0.15, 0.2) is 41.5 Å². The molecule has 2 amide bonds. The largest absolute Gasteiger partial charge is 0.493 e. The molecule has 0 heterocycles. The molecular formula is C21H23Cl2N3O4. The van der Waals surface area contributed by atoms with Crippen molar-refractivity contribution in [2.75, 3.05) is 20.3 Å². The molecule has 30 heavy (non-hydrogen) atoms. The van der Waals surface area contributed by atoms with E-state index in [1.807, 2.05) is 6.92 Å². The number of para-hydroxylation sites is 1. The molecule has 9 heteroatoms. The number of benzene rings is 2. The molecule has 0 aliphatic heterocycles. The number of nitrogens with one attached hydrogen (secondary N) is 2. The Bertz CT molecular complexity index is 919. The van der Waals surface area contributed by atoms with Crippen molar-refractivity contribution < 1.29 is 19.1 Å². The first-order chi connectivity index (χ1) is 14.5. The Kier molecular flexibility index (Phi) is 9.44. The van der Waals surface area contributed by atoms with E-state index in [0.717, 1.165) is 6.42 Å². The van der Waals surface area contributed by atoms with E-state index in [1.165, 1.54) is 18.3 Å². The number of hydrogen-bond donors (Lipinski definition) is 2. The Labute approximate surface area is 185 Å². The minimum Gasteiger partial charge on any atom is -0.493 e. The molecule has 0 fully saturated rings. The fraction of sp³-hybridized carbons (Fsp3) is 0.286. The predicted octanol–water partition coefficient (Wildman–Crippen LogP) is 4.06. The summed E-state index contributed by atoms with van der Waals surface area (Å²) in [5.41, 5.74) is 3.46. The monoisotopic (exact) mass is 451 g/mol. The Hall–Kier alpha value is -2.77. The third-order valence-corrected chi connectivity index (χ3v) is 4.63. The van der Waals surface area contributed by atoms with E-state index in [1.54, 1.807) is 31.4 Å². The van der Waals surface area contributed by atoms with Crippen molar-refractivity contribution in [1.29, 1.82) is 0 Å². The van der Waals surface area contributed by atoms with Crippen LogP contribution in [-0.2, 0) is 4.79 Å². The van der Waals surface area contributed by atoms with Gasteiger partial charge in [0, 0.05) is 24.1 Å². The minimum atomic E-state index is -0.348. The lowest BCUT2D eigenvalue weighted by atomic mass is 10.2. The van der Waals surface area contributed by atoms with Gasteiger partial charge in [0.05, 0.1) is 30.0 Å². The Morgan fingerprint density at radius 3 is 2.67 bits per heavy atom. The molecule has 2 aromatic rings. The SMILES string of the molecule is CCCOc1c(C=NNC(=O)CCNC(=O)c2ccc(Cl)c(Cl)c2)cccc1OC. The maximum atomic E-state index is 12.1. The second kappa shape index (κ2) is 12.0. The summed E-state index contributed by atoms with van der Waals surface area (Å²) < 4.78 is 11.0.